The summed E-state index contributed by atoms with van der Waals surface area (Å²) >= 11 is 0. The smallest absolute Gasteiger partial charge is 0.248 e. The van der Waals surface area contributed by atoms with Gasteiger partial charge in [0.2, 0.25) is 11.7 Å². The third kappa shape index (κ3) is 4.55. The number of imidazole rings is 1. The number of nitrogens with zero attached hydrogens (tertiary/aromatic N) is 3. The minimum absolute atomic E-state index is 0.285. The van der Waals surface area contributed by atoms with E-state index in [9.17, 15) is 4.79 Å². The Balaban J connectivity index is 1.70. The summed E-state index contributed by atoms with van der Waals surface area (Å²) in [7, 11) is 4.62. The minimum atomic E-state index is -0.285. The van der Waals surface area contributed by atoms with E-state index >= 15 is 0 Å². The maximum atomic E-state index is 12.3. The number of amides is 1. The molecule has 8 nitrogen and oxygen atoms in total. The number of carbonyl (C=O) groups excluding carboxylic acids is 1. The quantitative estimate of drug-likeness (QED) is 0.619. The van der Waals surface area contributed by atoms with Crippen LogP contribution in [0.4, 0.5) is 5.69 Å². The zero-order valence-corrected chi connectivity index (χ0v) is 16.7. The van der Waals surface area contributed by atoms with Crippen molar-refractivity contribution in [2.75, 3.05) is 26.6 Å². The van der Waals surface area contributed by atoms with Crippen molar-refractivity contribution in [3.8, 4) is 23.1 Å². The average Bonchev–Trinajstić information content (AvgIpc) is 3.17. The fourth-order valence-electron chi connectivity index (χ4n) is 2.78. The van der Waals surface area contributed by atoms with Crippen LogP contribution in [-0.2, 0) is 4.79 Å². The lowest BCUT2D eigenvalue weighted by Gasteiger charge is -2.12. The van der Waals surface area contributed by atoms with Crippen LogP contribution in [0.15, 0.2) is 48.9 Å². The maximum absolute atomic E-state index is 12.3. The highest BCUT2D eigenvalue weighted by Crippen LogP contribution is 2.38. The molecule has 0 spiro atoms. The molecule has 0 aliphatic heterocycles. The van der Waals surface area contributed by atoms with Gasteiger partial charge in [0.1, 0.15) is 11.6 Å². The van der Waals surface area contributed by atoms with Crippen LogP contribution >= 0.6 is 0 Å². The molecule has 1 amide bonds. The molecule has 2 aromatic heterocycles. The van der Waals surface area contributed by atoms with Gasteiger partial charge in [-0.25, -0.2) is 9.97 Å². The number of ether oxygens (including phenoxy) is 3. The maximum Gasteiger partial charge on any atom is 0.248 e. The Hall–Kier alpha value is -3.81. The van der Waals surface area contributed by atoms with Gasteiger partial charge in [0, 0.05) is 18.5 Å². The van der Waals surface area contributed by atoms with Gasteiger partial charge in [0.05, 0.1) is 33.2 Å². The Morgan fingerprint density at radius 2 is 1.79 bits per heavy atom. The monoisotopic (exact) mass is 394 g/mol. The van der Waals surface area contributed by atoms with E-state index in [2.05, 4.69) is 15.3 Å². The van der Waals surface area contributed by atoms with Gasteiger partial charge in [-0.3, -0.25) is 9.36 Å². The highest BCUT2D eigenvalue weighted by atomic mass is 16.5. The number of anilines is 1. The molecular formula is C21H22N4O4. The third-order valence-corrected chi connectivity index (χ3v) is 4.20. The number of pyridine rings is 1. The second kappa shape index (κ2) is 8.92. The van der Waals surface area contributed by atoms with E-state index < -0.39 is 0 Å². The molecule has 1 aromatic carbocycles. The summed E-state index contributed by atoms with van der Waals surface area (Å²) in [6, 6.07) is 7.12. The summed E-state index contributed by atoms with van der Waals surface area (Å²) in [4.78, 5) is 20.8. The molecule has 0 unspecified atom stereocenters. The number of hydrogen-bond donors (Lipinski definition) is 1. The van der Waals surface area contributed by atoms with Crippen LogP contribution in [0.5, 0.6) is 17.2 Å². The van der Waals surface area contributed by atoms with E-state index in [-0.39, 0.29) is 5.91 Å². The van der Waals surface area contributed by atoms with Crippen LogP contribution in [0.2, 0.25) is 0 Å². The van der Waals surface area contributed by atoms with Crippen LogP contribution in [0.3, 0.4) is 0 Å². The Morgan fingerprint density at radius 1 is 1.07 bits per heavy atom. The van der Waals surface area contributed by atoms with Crippen LogP contribution in [0.25, 0.3) is 11.9 Å². The fraction of sp³-hybridized carbons (Fsp3) is 0.190. The molecule has 0 radical (unpaired) electrons. The largest absolute Gasteiger partial charge is 0.493 e. The van der Waals surface area contributed by atoms with Crippen molar-refractivity contribution >= 4 is 17.7 Å². The molecule has 0 saturated heterocycles. The molecule has 2 heterocycles. The Morgan fingerprint density at radius 3 is 2.31 bits per heavy atom. The van der Waals surface area contributed by atoms with Gasteiger partial charge in [-0.05, 0) is 42.8 Å². The van der Waals surface area contributed by atoms with Gasteiger partial charge < -0.3 is 19.5 Å². The van der Waals surface area contributed by atoms with Gasteiger partial charge >= 0.3 is 0 Å². The molecule has 8 heteroatoms. The normalized spacial score (nSPS) is 10.8. The average molecular weight is 394 g/mol. The lowest BCUT2D eigenvalue weighted by molar-refractivity contribution is -0.111. The first-order valence-electron chi connectivity index (χ1n) is 8.81. The topological polar surface area (TPSA) is 87.5 Å². The summed E-state index contributed by atoms with van der Waals surface area (Å²) < 4.78 is 17.8. The van der Waals surface area contributed by atoms with Crippen molar-refractivity contribution in [1.29, 1.82) is 0 Å². The van der Waals surface area contributed by atoms with Gasteiger partial charge in [0.15, 0.2) is 11.5 Å². The van der Waals surface area contributed by atoms with Crippen molar-refractivity contribution in [2.45, 2.75) is 6.92 Å². The molecule has 0 fully saturated rings. The van der Waals surface area contributed by atoms with E-state index in [1.807, 2.05) is 23.8 Å². The minimum Gasteiger partial charge on any atom is -0.493 e. The summed E-state index contributed by atoms with van der Waals surface area (Å²) in [5.74, 6) is 2.81. The summed E-state index contributed by atoms with van der Waals surface area (Å²) in [6.45, 7) is 1.89. The molecule has 0 saturated carbocycles. The molecular weight excluding hydrogens is 372 g/mol. The first-order valence-corrected chi connectivity index (χ1v) is 8.81. The first kappa shape index (κ1) is 19.9. The Kier molecular flexibility index (Phi) is 6.13. The van der Waals surface area contributed by atoms with Crippen molar-refractivity contribution < 1.29 is 19.0 Å². The van der Waals surface area contributed by atoms with Gasteiger partial charge in [-0.2, -0.15) is 0 Å². The Bertz CT molecular complexity index is 1000. The number of methoxy groups -OCH3 is 3. The van der Waals surface area contributed by atoms with Gasteiger partial charge in [-0.15, -0.1) is 0 Å². The number of carbonyl (C=O) groups is 1. The molecule has 3 rings (SSSR count). The standard InChI is InChI=1S/C21H22N4O4/c1-14-22-9-10-25(14)19-7-6-16(13-23-19)24-20(26)8-5-15-11-17(27-2)21(29-4)18(12-15)28-3/h5-13H,1-4H3,(H,24,26)/b8-5+. The summed E-state index contributed by atoms with van der Waals surface area (Å²) in [5.41, 5.74) is 1.32. The summed E-state index contributed by atoms with van der Waals surface area (Å²) in [6.07, 6.45) is 8.22. The van der Waals surface area contributed by atoms with Crippen LogP contribution in [0.1, 0.15) is 11.4 Å². The SMILES string of the molecule is COc1cc(/C=C/C(=O)Nc2ccc(-n3ccnc3C)nc2)cc(OC)c1OC. The van der Waals surface area contributed by atoms with Crippen LogP contribution < -0.4 is 19.5 Å². The Labute approximate surface area is 168 Å². The molecule has 1 N–H and O–H groups in total. The fourth-order valence-corrected chi connectivity index (χ4v) is 2.78. The highest BCUT2D eigenvalue weighted by molar-refractivity contribution is 6.01. The van der Waals surface area contributed by atoms with E-state index in [1.54, 1.807) is 50.9 Å². The molecule has 0 aliphatic carbocycles. The lowest BCUT2D eigenvalue weighted by Crippen LogP contribution is -2.08. The molecule has 0 bridgehead atoms. The van der Waals surface area contributed by atoms with Gasteiger partial charge in [0.25, 0.3) is 0 Å². The molecule has 0 aliphatic rings. The highest BCUT2D eigenvalue weighted by Gasteiger charge is 2.12. The predicted octanol–water partition coefficient (Wildman–Crippen LogP) is 3.25. The first-order chi connectivity index (χ1) is 14.0. The summed E-state index contributed by atoms with van der Waals surface area (Å²) in [5, 5.41) is 2.78. The lowest BCUT2D eigenvalue weighted by atomic mass is 10.1. The molecule has 29 heavy (non-hydrogen) atoms. The molecule has 150 valence electrons. The number of nitrogens with one attached hydrogen (secondary N) is 1. The number of hydrogen-bond acceptors (Lipinski definition) is 6. The second-order valence-corrected chi connectivity index (χ2v) is 6.03. The van der Waals surface area contributed by atoms with Crippen molar-refractivity contribution in [2.24, 2.45) is 0 Å². The van der Waals surface area contributed by atoms with E-state index in [1.165, 1.54) is 13.2 Å². The number of aryl methyl sites for hydroxylation is 1. The third-order valence-electron chi connectivity index (χ3n) is 4.20. The van der Waals surface area contributed by atoms with Gasteiger partial charge in [-0.1, -0.05) is 0 Å². The predicted molar refractivity (Wildman–Crippen MR) is 110 cm³/mol. The molecule has 3 aromatic rings. The van der Waals surface area contributed by atoms with E-state index in [4.69, 9.17) is 14.2 Å². The van der Waals surface area contributed by atoms with E-state index in [0.29, 0.717) is 22.9 Å². The second-order valence-electron chi connectivity index (χ2n) is 6.03. The zero-order valence-electron chi connectivity index (χ0n) is 16.7. The van der Waals surface area contributed by atoms with Crippen molar-refractivity contribution in [1.82, 2.24) is 14.5 Å². The number of aromatic nitrogens is 3. The van der Waals surface area contributed by atoms with Crippen LogP contribution in [-0.4, -0.2) is 41.8 Å². The zero-order chi connectivity index (χ0) is 20.8. The number of rotatable bonds is 7. The van der Waals surface area contributed by atoms with Crippen molar-refractivity contribution in [3.05, 3.63) is 60.3 Å². The van der Waals surface area contributed by atoms with Crippen LogP contribution in [0, 0.1) is 6.92 Å². The number of benzene rings is 1. The van der Waals surface area contributed by atoms with E-state index in [0.717, 1.165) is 17.2 Å². The molecule has 0 atom stereocenters. The van der Waals surface area contributed by atoms with Crippen molar-refractivity contribution in [3.63, 3.8) is 0 Å².